The first-order valence-electron chi connectivity index (χ1n) is 6.99. The first-order valence-corrected chi connectivity index (χ1v) is 6.99. The minimum Gasteiger partial charge on any atom is -0.457 e. The largest absolute Gasteiger partial charge is 0.457 e. The molecule has 8 heteroatoms. The molecule has 8 nitrogen and oxygen atoms in total. The Balaban J connectivity index is 1.68. The van der Waals surface area contributed by atoms with Gasteiger partial charge in [-0.3, -0.25) is 9.59 Å². The Hall–Kier alpha value is -3.29. The van der Waals surface area contributed by atoms with Crippen LogP contribution in [0.2, 0.25) is 0 Å². The minimum absolute atomic E-state index is 0.00435. The van der Waals surface area contributed by atoms with Crippen LogP contribution in [-0.4, -0.2) is 31.1 Å². The Kier molecular flexibility index (Phi) is 4.19. The van der Waals surface area contributed by atoms with Gasteiger partial charge in [-0.15, -0.1) is 0 Å². The Morgan fingerprint density at radius 3 is 2.62 bits per heavy atom. The number of benzene rings is 1. The number of nitrogens with one attached hydrogen (secondary N) is 1. The number of fused-ring (bicyclic) bond motifs is 1. The van der Waals surface area contributed by atoms with Crippen LogP contribution >= 0.6 is 0 Å². The van der Waals surface area contributed by atoms with E-state index in [0.29, 0.717) is 11.5 Å². The van der Waals surface area contributed by atoms with Gasteiger partial charge in [0, 0.05) is 11.6 Å². The molecule has 1 aliphatic rings. The van der Waals surface area contributed by atoms with Gasteiger partial charge in [-0.05, 0) is 25.1 Å². The summed E-state index contributed by atoms with van der Waals surface area (Å²) in [5, 5.41) is 2.52. The number of hydrogen-bond acceptors (Lipinski definition) is 7. The highest BCUT2D eigenvalue weighted by atomic mass is 16.7. The number of Topliss-reactive ketones (excluding diaryl/α,β-unsaturated/α-hetero) is 1. The molecule has 2 aromatic rings. The molecule has 1 aliphatic heterocycles. The number of rotatable bonds is 5. The lowest BCUT2D eigenvalue weighted by atomic mass is 10.1. The maximum absolute atomic E-state index is 12.0. The molecule has 0 atom stereocenters. The molecule has 2 heterocycles. The van der Waals surface area contributed by atoms with Crippen molar-refractivity contribution in [3.8, 4) is 11.5 Å². The van der Waals surface area contributed by atoms with Gasteiger partial charge < -0.3 is 23.9 Å². The van der Waals surface area contributed by atoms with Crippen molar-refractivity contribution in [3.05, 3.63) is 41.9 Å². The van der Waals surface area contributed by atoms with E-state index in [4.69, 9.17) is 18.6 Å². The van der Waals surface area contributed by atoms with Crippen LogP contribution < -0.4 is 14.8 Å². The summed E-state index contributed by atoms with van der Waals surface area (Å²) in [6, 6.07) is 5.94. The van der Waals surface area contributed by atoms with E-state index in [1.54, 1.807) is 0 Å². The van der Waals surface area contributed by atoms with Crippen molar-refractivity contribution < 1.29 is 33.0 Å². The molecule has 1 N–H and O–H groups in total. The van der Waals surface area contributed by atoms with Crippen molar-refractivity contribution in [2.45, 2.75) is 6.92 Å². The Bertz CT molecular complexity index is 795. The first-order chi connectivity index (χ1) is 11.5. The van der Waals surface area contributed by atoms with E-state index in [9.17, 15) is 14.4 Å². The topological polar surface area (TPSA) is 104 Å². The molecule has 0 unspecified atom stereocenters. The lowest BCUT2D eigenvalue weighted by Gasteiger charge is -2.10. The van der Waals surface area contributed by atoms with Crippen LogP contribution in [0.25, 0.3) is 0 Å². The highest BCUT2D eigenvalue weighted by Gasteiger charge is 2.21. The molecular formula is C16H13NO7. The van der Waals surface area contributed by atoms with Crippen LogP contribution in [-0.2, 0) is 9.53 Å². The second-order valence-electron chi connectivity index (χ2n) is 4.91. The summed E-state index contributed by atoms with van der Waals surface area (Å²) in [5.74, 6) is -0.763. The minimum atomic E-state index is -0.757. The van der Waals surface area contributed by atoms with Crippen molar-refractivity contribution in [1.82, 2.24) is 0 Å². The number of ketones is 1. The molecule has 0 saturated carbocycles. The van der Waals surface area contributed by atoms with Crippen LogP contribution in [0.4, 0.5) is 5.69 Å². The standard InChI is InChI=1S/C16H13NO7/c1-9(18)10-5-13-14(24-8-23-13)6-11(10)17-15(19)7-22-16(20)12-3-2-4-21-12/h2-6H,7-8H2,1H3,(H,17,19). The zero-order chi connectivity index (χ0) is 17.1. The van der Waals surface area contributed by atoms with Gasteiger partial charge in [0.25, 0.3) is 5.91 Å². The van der Waals surface area contributed by atoms with E-state index < -0.39 is 18.5 Å². The third-order valence-corrected chi connectivity index (χ3v) is 3.22. The van der Waals surface area contributed by atoms with Crippen molar-refractivity contribution in [1.29, 1.82) is 0 Å². The number of anilines is 1. The highest BCUT2D eigenvalue weighted by Crippen LogP contribution is 2.37. The number of carbonyl (C=O) groups excluding carboxylic acids is 3. The predicted molar refractivity (Wildman–Crippen MR) is 80.2 cm³/mol. The molecule has 1 aromatic carbocycles. The van der Waals surface area contributed by atoms with Crippen molar-refractivity contribution >= 4 is 23.3 Å². The number of esters is 1. The smallest absolute Gasteiger partial charge is 0.374 e. The second-order valence-corrected chi connectivity index (χ2v) is 4.91. The third kappa shape index (κ3) is 3.22. The van der Waals surface area contributed by atoms with E-state index in [2.05, 4.69) is 5.32 Å². The van der Waals surface area contributed by atoms with Crippen LogP contribution in [0.5, 0.6) is 11.5 Å². The maximum Gasteiger partial charge on any atom is 0.374 e. The summed E-state index contributed by atoms with van der Waals surface area (Å²) < 4.78 is 20.1. The third-order valence-electron chi connectivity index (χ3n) is 3.22. The second kappa shape index (κ2) is 6.45. The summed E-state index contributed by atoms with van der Waals surface area (Å²) in [6.45, 7) is 0.889. The predicted octanol–water partition coefficient (Wildman–Crippen LogP) is 2.01. The molecule has 0 saturated heterocycles. The van der Waals surface area contributed by atoms with Crippen LogP contribution in [0.1, 0.15) is 27.8 Å². The van der Waals surface area contributed by atoms with Gasteiger partial charge in [-0.1, -0.05) is 0 Å². The van der Waals surface area contributed by atoms with E-state index in [-0.39, 0.29) is 29.6 Å². The quantitative estimate of drug-likeness (QED) is 0.660. The van der Waals surface area contributed by atoms with Crippen LogP contribution in [0, 0.1) is 0 Å². The molecule has 24 heavy (non-hydrogen) atoms. The summed E-state index contributed by atoms with van der Waals surface area (Å²) in [5.41, 5.74) is 0.524. The molecular weight excluding hydrogens is 318 g/mol. The van der Waals surface area contributed by atoms with Gasteiger partial charge in [-0.2, -0.15) is 0 Å². The summed E-state index contributed by atoms with van der Waals surface area (Å²) in [4.78, 5) is 35.3. The number of furan rings is 1. The molecule has 0 fully saturated rings. The zero-order valence-corrected chi connectivity index (χ0v) is 12.7. The summed E-state index contributed by atoms with van der Waals surface area (Å²) in [6.07, 6.45) is 1.32. The monoisotopic (exact) mass is 331 g/mol. The zero-order valence-electron chi connectivity index (χ0n) is 12.7. The molecule has 0 spiro atoms. The van der Waals surface area contributed by atoms with Crippen molar-refractivity contribution in [2.24, 2.45) is 0 Å². The molecule has 3 rings (SSSR count). The van der Waals surface area contributed by atoms with E-state index >= 15 is 0 Å². The van der Waals surface area contributed by atoms with Gasteiger partial charge in [0.1, 0.15) is 0 Å². The average Bonchev–Trinajstić information content (AvgIpc) is 3.22. The Morgan fingerprint density at radius 1 is 1.21 bits per heavy atom. The number of ether oxygens (including phenoxy) is 3. The normalized spacial score (nSPS) is 11.9. The van der Waals surface area contributed by atoms with E-state index in [0.717, 1.165) is 0 Å². The average molecular weight is 331 g/mol. The molecule has 0 radical (unpaired) electrons. The summed E-state index contributed by atoms with van der Waals surface area (Å²) in [7, 11) is 0. The van der Waals surface area contributed by atoms with E-state index in [1.165, 1.54) is 37.5 Å². The lowest BCUT2D eigenvalue weighted by Crippen LogP contribution is -2.21. The summed E-state index contributed by atoms with van der Waals surface area (Å²) >= 11 is 0. The Labute approximate surface area is 136 Å². The first kappa shape index (κ1) is 15.6. The maximum atomic E-state index is 12.0. The van der Waals surface area contributed by atoms with Crippen molar-refractivity contribution in [3.63, 3.8) is 0 Å². The van der Waals surface area contributed by atoms with Crippen LogP contribution in [0.3, 0.4) is 0 Å². The number of amides is 1. The Morgan fingerprint density at radius 2 is 1.96 bits per heavy atom. The van der Waals surface area contributed by atoms with Gasteiger partial charge in [0.05, 0.1) is 12.0 Å². The van der Waals surface area contributed by atoms with Gasteiger partial charge >= 0.3 is 5.97 Å². The van der Waals surface area contributed by atoms with Gasteiger partial charge in [0.2, 0.25) is 12.6 Å². The molecule has 0 bridgehead atoms. The lowest BCUT2D eigenvalue weighted by molar-refractivity contribution is -0.119. The van der Waals surface area contributed by atoms with Gasteiger partial charge in [-0.25, -0.2) is 4.79 Å². The van der Waals surface area contributed by atoms with Gasteiger partial charge in [0.15, 0.2) is 23.9 Å². The molecule has 0 aliphatic carbocycles. The SMILES string of the molecule is CC(=O)c1cc2c(cc1NC(=O)COC(=O)c1ccco1)OCO2. The fourth-order valence-corrected chi connectivity index (χ4v) is 2.12. The molecule has 1 amide bonds. The van der Waals surface area contributed by atoms with E-state index in [1.807, 2.05) is 0 Å². The molecule has 1 aromatic heterocycles. The fourth-order valence-electron chi connectivity index (χ4n) is 2.12. The number of carbonyl (C=O) groups is 3. The highest BCUT2D eigenvalue weighted by molar-refractivity contribution is 6.05. The molecule has 124 valence electrons. The van der Waals surface area contributed by atoms with Crippen molar-refractivity contribution in [2.75, 3.05) is 18.7 Å². The number of hydrogen-bond donors (Lipinski definition) is 1. The fraction of sp³-hybridized carbons (Fsp3) is 0.188. The van der Waals surface area contributed by atoms with Crippen LogP contribution in [0.15, 0.2) is 34.9 Å².